The van der Waals surface area contributed by atoms with E-state index < -0.39 is 12.2 Å². The first-order chi connectivity index (χ1) is 14.0. The maximum absolute atomic E-state index is 13.1. The van der Waals surface area contributed by atoms with Crippen LogP contribution in [-0.2, 0) is 6.61 Å². The fourth-order valence-corrected chi connectivity index (χ4v) is 2.89. The monoisotopic (exact) mass is 422 g/mol. The Kier molecular flexibility index (Phi) is 6.76. The number of benzene rings is 2. The first-order valence-electron chi connectivity index (χ1n) is 8.39. The molecule has 6 nitrogen and oxygen atoms in total. The summed E-state index contributed by atoms with van der Waals surface area (Å²) >= 11 is 1.16. The first kappa shape index (κ1) is 20.7. The molecule has 0 saturated carbocycles. The number of alkyl halides is 2. The Morgan fingerprint density at radius 2 is 1.93 bits per heavy atom. The molecule has 0 radical (unpaired) electrons. The summed E-state index contributed by atoms with van der Waals surface area (Å²) in [5.41, 5.74) is 1.35. The Morgan fingerprint density at radius 3 is 2.59 bits per heavy atom. The normalized spacial score (nSPS) is 11.4. The van der Waals surface area contributed by atoms with E-state index >= 15 is 0 Å². The highest BCUT2D eigenvalue weighted by Crippen LogP contribution is 2.24. The number of nitrogens with zero attached hydrogens (tertiary/aromatic N) is 4. The summed E-state index contributed by atoms with van der Waals surface area (Å²) in [6, 6.07) is 10.9. The van der Waals surface area contributed by atoms with Crippen molar-refractivity contribution in [3.8, 4) is 11.5 Å². The van der Waals surface area contributed by atoms with Gasteiger partial charge in [-0.05, 0) is 54.3 Å². The van der Waals surface area contributed by atoms with Crippen molar-refractivity contribution in [2.75, 3.05) is 13.4 Å². The fraction of sp³-hybridized carbons (Fsp3) is 0.211. The zero-order valence-electron chi connectivity index (χ0n) is 15.6. The number of rotatable bonds is 8. The second-order valence-electron chi connectivity index (χ2n) is 5.72. The summed E-state index contributed by atoms with van der Waals surface area (Å²) in [7, 11) is 1.53. The van der Waals surface area contributed by atoms with Crippen LogP contribution < -0.4 is 9.47 Å². The molecule has 10 heteroatoms. The number of thioether (sulfide) groups is 1. The average Bonchev–Trinajstić information content (AvgIpc) is 3.15. The van der Waals surface area contributed by atoms with Gasteiger partial charge in [-0.2, -0.15) is 9.78 Å². The molecule has 0 fully saturated rings. The molecule has 0 aliphatic carbocycles. The molecule has 152 valence electrons. The zero-order chi connectivity index (χ0) is 20.8. The van der Waals surface area contributed by atoms with Gasteiger partial charge in [-0.3, -0.25) is 0 Å². The lowest BCUT2D eigenvalue weighted by Crippen LogP contribution is -2.02. The van der Waals surface area contributed by atoms with Crippen molar-refractivity contribution < 1.29 is 22.6 Å². The third kappa shape index (κ3) is 5.08. The van der Waals surface area contributed by atoms with Gasteiger partial charge in [0.15, 0.2) is 0 Å². The highest BCUT2D eigenvalue weighted by molar-refractivity contribution is 7.98. The quantitative estimate of drug-likeness (QED) is 0.394. The van der Waals surface area contributed by atoms with Crippen molar-refractivity contribution >= 4 is 18.0 Å². The second kappa shape index (κ2) is 9.46. The lowest BCUT2D eigenvalue weighted by Gasteiger charge is -2.11. The number of methoxy groups -OCH3 is 1. The van der Waals surface area contributed by atoms with Crippen LogP contribution in [-0.4, -0.2) is 34.5 Å². The number of halogens is 3. The number of aromatic nitrogens is 3. The van der Waals surface area contributed by atoms with Gasteiger partial charge in [0.2, 0.25) is 11.0 Å². The van der Waals surface area contributed by atoms with Crippen LogP contribution in [0.1, 0.15) is 23.4 Å². The highest BCUT2D eigenvalue weighted by Gasteiger charge is 2.19. The number of hydrogen-bond acceptors (Lipinski definition) is 6. The van der Waals surface area contributed by atoms with Gasteiger partial charge in [0.05, 0.1) is 13.3 Å². The van der Waals surface area contributed by atoms with Gasteiger partial charge >= 0.3 is 0 Å². The van der Waals surface area contributed by atoms with Gasteiger partial charge in [-0.25, -0.2) is 13.2 Å². The average molecular weight is 422 g/mol. The smallest absolute Gasteiger partial charge is 0.299 e. The van der Waals surface area contributed by atoms with Crippen LogP contribution >= 0.6 is 11.8 Å². The molecule has 0 aliphatic heterocycles. The second-order valence-corrected chi connectivity index (χ2v) is 6.49. The molecule has 0 atom stereocenters. The summed E-state index contributed by atoms with van der Waals surface area (Å²) < 4.78 is 51.2. The van der Waals surface area contributed by atoms with Crippen molar-refractivity contribution in [1.82, 2.24) is 14.9 Å². The fourth-order valence-electron chi connectivity index (χ4n) is 2.46. The Bertz CT molecular complexity index is 994. The van der Waals surface area contributed by atoms with E-state index in [4.69, 9.17) is 9.47 Å². The maximum Gasteiger partial charge on any atom is 0.299 e. The topological polar surface area (TPSA) is 61.5 Å². The molecule has 1 aromatic heterocycles. The first-order valence-corrected chi connectivity index (χ1v) is 9.61. The van der Waals surface area contributed by atoms with E-state index in [1.807, 2.05) is 0 Å². The summed E-state index contributed by atoms with van der Waals surface area (Å²) in [5.74, 6) is 0.212. The van der Waals surface area contributed by atoms with E-state index in [-0.39, 0.29) is 17.6 Å². The molecule has 29 heavy (non-hydrogen) atoms. The van der Waals surface area contributed by atoms with E-state index in [0.29, 0.717) is 22.6 Å². The van der Waals surface area contributed by atoms with E-state index in [1.165, 1.54) is 37.6 Å². The molecular weight excluding hydrogens is 405 g/mol. The van der Waals surface area contributed by atoms with Crippen LogP contribution in [0.15, 0.2) is 52.7 Å². The van der Waals surface area contributed by atoms with Crippen LogP contribution in [0.4, 0.5) is 13.2 Å². The standard InChI is InChI=1S/C19H17F3N4O2S/c1-27-16-8-3-12(9-13(16)11-28-15-6-4-14(20)5-7-15)10-23-26-18(17(21)22)24-25-19(26)29-2/h3-10,17H,11H2,1-2H3/b23-10-. The van der Waals surface area contributed by atoms with Crippen molar-refractivity contribution in [3.05, 3.63) is 65.2 Å². The number of ether oxygens (including phenoxy) is 2. The van der Waals surface area contributed by atoms with Crippen LogP contribution in [0.2, 0.25) is 0 Å². The van der Waals surface area contributed by atoms with Crippen LogP contribution in [0, 0.1) is 5.82 Å². The van der Waals surface area contributed by atoms with Gasteiger partial charge in [0, 0.05) is 5.56 Å². The van der Waals surface area contributed by atoms with Crippen LogP contribution in [0.5, 0.6) is 11.5 Å². The summed E-state index contributed by atoms with van der Waals surface area (Å²) in [4.78, 5) is 0. The zero-order valence-corrected chi connectivity index (χ0v) is 16.4. The molecule has 0 bridgehead atoms. The SMILES string of the molecule is COc1ccc(/C=N\n2c(SC)nnc2C(F)F)cc1COc1ccc(F)cc1. The lowest BCUT2D eigenvalue weighted by molar-refractivity contribution is 0.135. The van der Waals surface area contributed by atoms with Gasteiger partial charge in [0.25, 0.3) is 6.43 Å². The highest BCUT2D eigenvalue weighted by atomic mass is 32.2. The maximum atomic E-state index is 13.1. The molecule has 0 spiro atoms. The van der Waals surface area contributed by atoms with Gasteiger partial charge in [-0.15, -0.1) is 10.2 Å². The third-order valence-corrected chi connectivity index (χ3v) is 4.47. The molecule has 3 rings (SSSR count). The van der Waals surface area contributed by atoms with E-state index in [1.54, 1.807) is 24.5 Å². The third-order valence-electron chi connectivity index (χ3n) is 3.85. The van der Waals surface area contributed by atoms with Crippen molar-refractivity contribution in [1.29, 1.82) is 0 Å². The number of hydrogen-bond donors (Lipinski definition) is 0. The van der Waals surface area contributed by atoms with Crippen molar-refractivity contribution in [2.45, 2.75) is 18.2 Å². The van der Waals surface area contributed by atoms with Gasteiger partial charge < -0.3 is 9.47 Å². The Balaban J connectivity index is 1.82. The molecule has 0 amide bonds. The van der Waals surface area contributed by atoms with Gasteiger partial charge in [0.1, 0.15) is 23.9 Å². The molecular formula is C19H17F3N4O2S. The van der Waals surface area contributed by atoms with Crippen LogP contribution in [0.25, 0.3) is 0 Å². The largest absolute Gasteiger partial charge is 0.496 e. The molecule has 0 aliphatic rings. The van der Waals surface area contributed by atoms with E-state index in [2.05, 4.69) is 15.3 Å². The summed E-state index contributed by atoms with van der Waals surface area (Å²) in [6.07, 6.45) is 0.329. The molecule has 1 heterocycles. The van der Waals surface area contributed by atoms with E-state index in [9.17, 15) is 13.2 Å². The van der Waals surface area contributed by atoms with Crippen LogP contribution in [0.3, 0.4) is 0 Å². The lowest BCUT2D eigenvalue weighted by atomic mass is 10.1. The molecule has 2 aromatic carbocycles. The summed E-state index contributed by atoms with van der Waals surface area (Å²) in [5, 5.41) is 11.5. The Labute approximate surface area is 169 Å². The summed E-state index contributed by atoms with van der Waals surface area (Å²) in [6.45, 7) is 0.168. The molecule has 0 saturated heterocycles. The molecule has 0 N–H and O–H groups in total. The predicted octanol–water partition coefficient (Wildman–Crippen LogP) is 4.55. The minimum absolute atomic E-state index is 0.168. The van der Waals surface area contributed by atoms with Crippen molar-refractivity contribution in [3.63, 3.8) is 0 Å². The van der Waals surface area contributed by atoms with Gasteiger partial charge in [-0.1, -0.05) is 11.8 Å². The van der Waals surface area contributed by atoms with Crippen molar-refractivity contribution in [2.24, 2.45) is 5.10 Å². The Hall–Kier alpha value is -3.01. The minimum Gasteiger partial charge on any atom is -0.496 e. The van der Waals surface area contributed by atoms with E-state index in [0.717, 1.165) is 16.4 Å². The molecule has 3 aromatic rings. The molecule has 0 unspecified atom stereocenters. The Morgan fingerprint density at radius 1 is 1.17 bits per heavy atom. The predicted molar refractivity (Wildman–Crippen MR) is 103 cm³/mol. The minimum atomic E-state index is -2.80.